The Morgan fingerprint density at radius 2 is 2.31 bits per heavy atom. The molecule has 1 heterocycles. The Bertz CT molecular complexity index is 239. The Labute approximate surface area is 80.5 Å². The fourth-order valence-corrected chi connectivity index (χ4v) is 1.21. The van der Waals surface area contributed by atoms with Crippen LogP contribution in [0.25, 0.3) is 6.08 Å². The van der Waals surface area contributed by atoms with E-state index >= 15 is 0 Å². The quantitative estimate of drug-likeness (QED) is 0.622. The Morgan fingerprint density at radius 3 is 3.00 bits per heavy atom. The molecule has 1 aromatic heterocycles. The predicted octanol–water partition coefficient (Wildman–Crippen LogP) is 3.68. The third kappa shape index (κ3) is 4.46. The number of hydrogen-bond acceptors (Lipinski definition) is 1. The molecule has 0 saturated heterocycles. The van der Waals surface area contributed by atoms with Gasteiger partial charge in [0.05, 0.1) is 0 Å². The third-order valence-electron chi connectivity index (χ3n) is 1.97. The summed E-state index contributed by atoms with van der Waals surface area (Å²) < 4.78 is 0. The zero-order valence-corrected chi connectivity index (χ0v) is 8.24. The summed E-state index contributed by atoms with van der Waals surface area (Å²) in [6, 6.07) is 4.04. The number of pyridine rings is 1. The van der Waals surface area contributed by atoms with Crippen molar-refractivity contribution >= 4 is 6.08 Å². The average Bonchev–Trinajstić information content (AvgIpc) is 2.19. The van der Waals surface area contributed by atoms with Gasteiger partial charge in [-0.05, 0) is 24.5 Å². The van der Waals surface area contributed by atoms with Gasteiger partial charge in [-0.3, -0.25) is 4.98 Å². The van der Waals surface area contributed by atoms with Crippen molar-refractivity contribution in [2.45, 2.75) is 32.6 Å². The summed E-state index contributed by atoms with van der Waals surface area (Å²) in [7, 11) is 0. The lowest BCUT2D eigenvalue weighted by atomic mass is 10.2. The largest absolute Gasteiger partial charge is 0.264 e. The maximum absolute atomic E-state index is 4.05. The second-order valence-electron chi connectivity index (χ2n) is 3.18. The lowest BCUT2D eigenvalue weighted by Crippen LogP contribution is -1.74. The second-order valence-corrected chi connectivity index (χ2v) is 3.18. The van der Waals surface area contributed by atoms with Crippen molar-refractivity contribution in [2.75, 3.05) is 0 Å². The second kappa shape index (κ2) is 6.41. The summed E-state index contributed by atoms with van der Waals surface area (Å²) in [6.07, 6.45) is 13.2. The van der Waals surface area contributed by atoms with E-state index in [9.17, 15) is 0 Å². The molecule has 0 radical (unpaired) electrons. The van der Waals surface area contributed by atoms with Gasteiger partial charge in [0, 0.05) is 12.4 Å². The van der Waals surface area contributed by atoms with Crippen molar-refractivity contribution in [3.05, 3.63) is 36.2 Å². The van der Waals surface area contributed by atoms with E-state index in [0.29, 0.717) is 0 Å². The van der Waals surface area contributed by atoms with Crippen LogP contribution in [0.1, 0.15) is 38.2 Å². The number of nitrogens with zero attached hydrogens (tertiary/aromatic N) is 1. The number of unbranched alkanes of at least 4 members (excludes halogenated alkanes) is 3. The van der Waals surface area contributed by atoms with Gasteiger partial charge in [-0.2, -0.15) is 0 Å². The highest BCUT2D eigenvalue weighted by molar-refractivity contribution is 5.46. The van der Waals surface area contributed by atoms with Crippen LogP contribution in [0.4, 0.5) is 0 Å². The van der Waals surface area contributed by atoms with E-state index in [2.05, 4.69) is 30.1 Å². The van der Waals surface area contributed by atoms with E-state index in [1.165, 1.54) is 31.2 Å². The molecule has 0 aromatic carbocycles. The molecule has 0 spiro atoms. The van der Waals surface area contributed by atoms with Gasteiger partial charge in [0.2, 0.25) is 0 Å². The molecule has 0 aliphatic carbocycles. The van der Waals surface area contributed by atoms with Gasteiger partial charge in [0.15, 0.2) is 0 Å². The molecule has 0 N–H and O–H groups in total. The molecule has 0 saturated carbocycles. The highest BCUT2D eigenvalue weighted by Crippen LogP contribution is 2.03. The lowest BCUT2D eigenvalue weighted by Gasteiger charge is -1.92. The molecule has 0 aliphatic heterocycles. The minimum atomic E-state index is 1.18. The molecule has 70 valence electrons. The maximum Gasteiger partial charge on any atom is 0.0340 e. The molecule has 1 nitrogen and oxygen atoms in total. The van der Waals surface area contributed by atoms with E-state index in [0.717, 1.165) is 0 Å². The van der Waals surface area contributed by atoms with E-state index in [4.69, 9.17) is 0 Å². The van der Waals surface area contributed by atoms with Crippen LogP contribution >= 0.6 is 0 Å². The van der Waals surface area contributed by atoms with Gasteiger partial charge in [-0.25, -0.2) is 0 Å². The molecule has 0 amide bonds. The Kier molecular flexibility index (Phi) is 4.92. The summed E-state index contributed by atoms with van der Waals surface area (Å²) in [6.45, 7) is 2.23. The molecule has 0 aliphatic rings. The maximum atomic E-state index is 4.05. The normalized spacial score (nSPS) is 10.8. The molecule has 0 bridgehead atoms. The van der Waals surface area contributed by atoms with E-state index in [1.54, 1.807) is 6.20 Å². The summed E-state index contributed by atoms with van der Waals surface area (Å²) in [5.74, 6) is 0. The zero-order chi connectivity index (χ0) is 9.36. The minimum Gasteiger partial charge on any atom is -0.264 e. The van der Waals surface area contributed by atoms with Crippen molar-refractivity contribution in [3.63, 3.8) is 0 Å². The van der Waals surface area contributed by atoms with Crippen LogP contribution in [0.15, 0.2) is 30.6 Å². The predicted molar refractivity (Wildman–Crippen MR) is 57.4 cm³/mol. The number of allylic oxidation sites excluding steroid dienone is 1. The molecule has 1 rings (SSSR count). The van der Waals surface area contributed by atoms with Gasteiger partial charge < -0.3 is 0 Å². The molecule has 1 aromatic rings. The van der Waals surface area contributed by atoms with Crippen LogP contribution in [0.5, 0.6) is 0 Å². The lowest BCUT2D eigenvalue weighted by molar-refractivity contribution is 0.730. The third-order valence-corrected chi connectivity index (χ3v) is 1.97. The van der Waals surface area contributed by atoms with Crippen molar-refractivity contribution in [3.8, 4) is 0 Å². The van der Waals surface area contributed by atoms with Crippen LogP contribution in [0, 0.1) is 0 Å². The molecule has 0 unspecified atom stereocenters. The van der Waals surface area contributed by atoms with Gasteiger partial charge in [-0.1, -0.05) is 38.0 Å². The first-order valence-corrected chi connectivity index (χ1v) is 5.00. The summed E-state index contributed by atoms with van der Waals surface area (Å²) in [5.41, 5.74) is 1.19. The van der Waals surface area contributed by atoms with E-state index in [-0.39, 0.29) is 0 Å². The topological polar surface area (TPSA) is 12.9 Å². The summed E-state index contributed by atoms with van der Waals surface area (Å²) in [4.78, 5) is 4.05. The SMILES string of the molecule is CCCCC/C=C\c1cccnc1. The van der Waals surface area contributed by atoms with E-state index < -0.39 is 0 Å². The fraction of sp³-hybridized carbons (Fsp3) is 0.417. The molecule has 0 atom stereocenters. The van der Waals surface area contributed by atoms with Crippen molar-refractivity contribution in [1.82, 2.24) is 4.98 Å². The van der Waals surface area contributed by atoms with Crippen LogP contribution < -0.4 is 0 Å². The summed E-state index contributed by atoms with van der Waals surface area (Å²) in [5, 5.41) is 0. The number of rotatable bonds is 5. The monoisotopic (exact) mass is 175 g/mol. The minimum absolute atomic E-state index is 1.18. The Hall–Kier alpha value is -1.11. The van der Waals surface area contributed by atoms with Crippen molar-refractivity contribution in [2.24, 2.45) is 0 Å². The first-order chi connectivity index (χ1) is 6.43. The number of aromatic nitrogens is 1. The zero-order valence-electron chi connectivity index (χ0n) is 8.24. The van der Waals surface area contributed by atoms with Crippen LogP contribution in [-0.4, -0.2) is 4.98 Å². The molecular formula is C12H17N. The molecule has 13 heavy (non-hydrogen) atoms. The molecule has 0 fully saturated rings. The van der Waals surface area contributed by atoms with Crippen molar-refractivity contribution in [1.29, 1.82) is 0 Å². The van der Waals surface area contributed by atoms with Crippen molar-refractivity contribution < 1.29 is 0 Å². The molecule has 1 heteroatoms. The van der Waals surface area contributed by atoms with Gasteiger partial charge in [-0.15, -0.1) is 0 Å². The number of hydrogen-bond donors (Lipinski definition) is 0. The van der Waals surface area contributed by atoms with E-state index in [1.807, 2.05) is 12.3 Å². The van der Waals surface area contributed by atoms with Gasteiger partial charge >= 0.3 is 0 Å². The Morgan fingerprint density at radius 1 is 1.38 bits per heavy atom. The highest BCUT2D eigenvalue weighted by atomic mass is 14.6. The highest BCUT2D eigenvalue weighted by Gasteiger charge is 1.84. The summed E-state index contributed by atoms with van der Waals surface area (Å²) >= 11 is 0. The smallest absolute Gasteiger partial charge is 0.0340 e. The van der Waals surface area contributed by atoms with Gasteiger partial charge in [0.1, 0.15) is 0 Å². The van der Waals surface area contributed by atoms with Crippen LogP contribution in [-0.2, 0) is 0 Å². The van der Waals surface area contributed by atoms with Crippen LogP contribution in [0.2, 0.25) is 0 Å². The average molecular weight is 175 g/mol. The standard InChI is InChI=1S/C12H17N/c1-2-3-4-5-6-8-12-9-7-10-13-11-12/h6-11H,2-5H2,1H3/b8-6-. The first kappa shape index (κ1) is 9.97. The van der Waals surface area contributed by atoms with Gasteiger partial charge in [0.25, 0.3) is 0 Å². The Balaban J connectivity index is 2.25. The van der Waals surface area contributed by atoms with Crippen LogP contribution in [0.3, 0.4) is 0 Å². The first-order valence-electron chi connectivity index (χ1n) is 5.00. The fourth-order valence-electron chi connectivity index (χ4n) is 1.21. The molecular weight excluding hydrogens is 158 g/mol.